The number of rotatable bonds is 1. The van der Waals surface area contributed by atoms with Crippen LogP contribution in [0.15, 0.2) is 18.2 Å². The molecule has 0 saturated carbocycles. The van der Waals surface area contributed by atoms with Crippen LogP contribution in [0.5, 0.6) is 0 Å². The molecule has 6 heteroatoms. The van der Waals surface area contributed by atoms with Crippen LogP contribution in [0.4, 0.5) is 10.5 Å². The van der Waals surface area contributed by atoms with Crippen LogP contribution in [0.3, 0.4) is 0 Å². The number of nitrogens with zero attached hydrogens (tertiary/aromatic N) is 1. The van der Waals surface area contributed by atoms with E-state index in [1.165, 1.54) is 0 Å². The maximum Gasteiger partial charge on any atom is 0.414 e. The van der Waals surface area contributed by atoms with Crippen LogP contribution < -0.4 is 10.2 Å². The van der Waals surface area contributed by atoms with Crippen molar-refractivity contribution >= 4 is 35.8 Å². The molecule has 0 aromatic heterocycles. The lowest BCUT2D eigenvalue weighted by Crippen LogP contribution is -2.48. The summed E-state index contributed by atoms with van der Waals surface area (Å²) >= 11 is 6.26. The molecule has 0 bridgehead atoms. The maximum absolute atomic E-state index is 12.0. The first-order valence-corrected chi connectivity index (χ1v) is 6.59. The van der Waals surface area contributed by atoms with Crippen molar-refractivity contribution in [3.05, 3.63) is 28.8 Å². The Morgan fingerprint density at radius 1 is 1.32 bits per heavy atom. The molecule has 104 valence electrons. The van der Waals surface area contributed by atoms with Crippen LogP contribution in [-0.2, 0) is 11.3 Å². The van der Waals surface area contributed by atoms with Crippen LogP contribution in [0.1, 0.15) is 18.4 Å². The Kier molecular flexibility index (Phi) is 4.55. The zero-order valence-corrected chi connectivity index (χ0v) is 12.0. The van der Waals surface area contributed by atoms with E-state index in [0.29, 0.717) is 11.6 Å². The zero-order chi connectivity index (χ0) is 12.5. The van der Waals surface area contributed by atoms with Crippen molar-refractivity contribution in [2.45, 2.75) is 25.5 Å². The number of halogens is 2. The van der Waals surface area contributed by atoms with Gasteiger partial charge in [0.15, 0.2) is 0 Å². The van der Waals surface area contributed by atoms with Gasteiger partial charge in [0, 0.05) is 11.6 Å². The molecule has 0 atom stereocenters. The number of benzene rings is 1. The van der Waals surface area contributed by atoms with Crippen molar-refractivity contribution in [1.82, 2.24) is 5.32 Å². The maximum atomic E-state index is 12.0. The Bertz CT molecular complexity index is 476. The number of carbonyl (C=O) groups is 1. The van der Waals surface area contributed by atoms with Crippen LogP contribution in [0.2, 0.25) is 5.02 Å². The molecule has 1 N–H and O–H groups in total. The molecule has 1 aromatic carbocycles. The molecule has 3 rings (SSSR count). The topological polar surface area (TPSA) is 41.6 Å². The Labute approximate surface area is 123 Å². The number of carbonyl (C=O) groups excluding carboxylic acids is 1. The monoisotopic (exact) mass is 302 g/mol. The first-order chi connectivity index (χ1) is 8.77. The summed E-state index contributed by atoms with van der Waals surface area (Å²) in [4.78, 5) is 13.8. The molecule has 4 nitrogen and oxygen atoms in total. The molecule has 0 spiro atoms. The van der Waals surface area contributed by atoms with E-state index in [9.17, 15) is 4.79 Å². The van der Waals surface area contributed by atoms with Gasteiger partial charge in [-0.2, -0.15) is 0 Å². The molecule has 2 aliphatic rings. The van der Waals surface area contributed by atoms with Gasteiger partial charge in [-0.25, -0.2) is 4.79 Å². The van der Waals surface area contributed by atoms with Gasteiger partial charge in [-0.15, -0.1) is 12.4 Å². The molecule has 1 aromatic rings. The normalized spacial score (nSPS) is 19.4. The zero-order valence-electron chi connectivity index (χ0n) is 10.4. The Balaban J connectivity index is 0.00000133. The van der Waals surface area contributed by atoms with Crippen molar-refractivity contribution in [3.8, 4) is 0 Å². The third-order valence-corrected chi connectivity index (χ3v) is 3.84. The number of hydrogen-bond acceptors (Lipinski definition) is 3. The third-order valence-electron chi connectivity index (χ3n) is 3.53. The summed E-state index contributed by atoms with van der Waals surface area (Å²) in [6, 6.07) is 5.85. The smallest absolute Gasteiger partial charge is 0.414 e. The van der Waals surface area contributed by atoms with Gasteiger partial charge in [-0.05, 0) is 32.0 Å². The SMILES string of the molecule is Cl.O=C1OCc2cccc(Cl)c2N1C1CCNCC1. The van der Waals surface area contributed by atoms with E-state index < -0.39 is 0 Å². The molecule has 0 unspecified atom stereocenters. The van der Waals surface area contributed by atoms with E-state index in [0.717, 1.165) is 37.2 Å². The number of amides is 1. The van der Waals surface area contributed by atoms with Crippen molar-refractivity contribution in [2.75, 3.05) is 18.0 Å². The molecule has 1 amide bonds. The lowest BCUT2D eigenvalue weighted by molar-refractivity contribution is 0.137. The predicted molar refractivity (Wildman–Crippen MR) is 77.3 cm³/mol. The molecule has 0 aliphatic carbocycles. The molecular weight excluding hydrogens is 287 g/mol. The molecule has 19 heavy (non-hydrogen) atoms. The third kappa shape index (κ3) is 2.66. The quantitative estimate of drug-likeness (QED) is 0.867. The average molecular weight is 303 g/mol. The van der Waals surface area contributed by atoms with Crippen LogP contribution >= 0.6 is 24.0 Å². The van der Waals surface area contributed by atoms with Gasteiger partial charge in [0.05, 0.1) is 10.7 Å². The van der Waals surface area contributed by atoms with Crippen molar-refractivity contribution in [3.63, 3.8) is 0 Å². The highest BCUT2D eigenvalue weighted by molar-refractivity contribution is 6.34. The highest BCUT2D eigenvalue weighted by Gasteiger charge is 2.34. The average Bonchev–Trinajstić information content (AvgIpc) is 2.40. The van der Waals surface area contributed by atoms with Gasteiger partial charge in [-0.1, -0.05) is 23.7 Å². The summed E-state index contributed by atoms with van der Waals surface area (Å²) in [5.41, 5.74) is 1.82. The van der Waals surface area contributed by atoms with Gasteiger partial charge in [-0.3, -0.25) is 4.90 Å². The van der Waals surface area contributed by atoms with E-state index in [1.807, 2.05) is 18.2 Å². The van der Waals surface area contributed by atoms with E-state index >= 15 is 0 Å². The number of anilines is 1. The Hall–Kier alpha value is -0.970. The number of cyclic esters (lactones) is 1. The minimum atomic E-state index is -0.275. The summed E-state index contributed by atoms with van der Waals surface area (Å²) in [5.74, 6) is 0. The second-order valence-corrected chi connectivity index (χ2v) is 5.06. The van der Waals surface area contributed by atoms with Crippen LogP contribution in [0, 0.1) is 0 Å². The standard InChI is InChI=1S/C13H15ClN2O2.ClH/c14-11-3-1-2-9-8-18-13(17)16(12(9)11)10-4-6-15-7-5-10;/h1-3,10,15H,4-8H2;1H. The van der Waals surface area contributed by atoms with Gasteiger partial charge >= 0.3 is 6.09 Å². The van der Waals surface area contributed by atoms with E-state index in [4.69, 9.17) is 16.3 Å². The molecule has 1 fully saturated rings. The summed E-state index contributed by atoms with van der Waals surface area (Å²) in [5, 5.41) is 3.92. The van der Waals surface area contributed by atoms with Crippen molar-refractivity contribution in [2.24, 2.45) is 0 Å². The molecule has 2 aliphatic heterocycles. The summed E-state index contributed by atoms with van der Waals surface area (Å²) < 4.78 is 5.23. The minimum Gasteiger partial charge on any atom is -0.444 e. The second-order valence-electron chi connectivity index (χ2n) is 4.65. The number of fused-ring (bicyclic) bond motifs is 1. The summed E-state index contributed by atoms with van der Waals surface area (Å²) in [6.07, 6.45) is 1.59. The molecule has 0 radical (unpaired) electrons. The Morgan fingerprint density at radius 3 is 2.79 bits per heavy atom. The molecular formula is C13H16Cl2N2O2. The number of ether oxygens (including phenoxy) is 1. The lowest BCUT2D eigenvalue weighted by Gasteiger charge is -2.37. The first kappa shape index (κ1) is 14.4. The second kappa shape index (κ2) is 5.99. The van der Waals surface area contributed by atoms with Crippen LogP contribution in [0.25, 0.3) is 0 Å². The number of para-hydroxylation sites is 1. The first-order valence-electron chi connectivity index (χ1n) is 6.21. The van der Waals surface area contributed by atoms with Gasteiger partial charge in [0.2, 0.25) is 0 Å². The van der Waals surface area contributed by atoms with Gasteiger partial charge in [0.1, 0.15) is 6.61 Å². The van der Waals surface area contributed by atoms with Crippen LogP contribution in [-0.4, -0.2) is 25.2 Å². The highest BCUT2D eigenvalue weighted by Crippen LogP contribution is 2.36. The number of hydrogen-bond donors (Lipinski definition) is 1. The van der Waals surface area contributed by atoms with Gasteiger partial charge < -0.3 is 10.1 Å². The van der Waals surface area contributed by atoms with Crippen molar-refractivity contribution < 1.29 is 9.53 Å². The van der Waals surface area contributed by atoms with Gasteiger partial charge in [0.25, 0.3) is 0 Å². The predicted octanol–water partition coefficient (Wildman–Crippen LogP) is 2.97. The van der Waals surface area contributed by atoms with E-state index in [1.54, 1.807) is 4.90 Å². The number of nitrogens with one attached hydrogen (secondary N) is 1. The lowest BCUT2D eigenvalue weighted by atomic mass is 10.0. The number of piperidine rings is 1. The summed E-state index contributed by atoms with van der Waals surface area (Å²) in [6.45, 7) is 2.17. The summed E-state index contributed by atoms with van der Waals surface area (Å²) in [7, 11) is 0. The molecule has 1 saturated heterocycles. The highest BCUT2D eigenvalue weighted by atomic mass is 35.5. The minimum absolute atomic E-state index is 0. The van der Waals surface area contributed by atoms with E-state index in [2.05, 4.69) is 5.32 Å². The fourth-order valence-electron chi connectivity index (χ4n) is 2.64. The largest absolute Gasteiger partial charge is 0.444 e. The van der Waals surface area contributed by atoms with Crippen molar-refractivity contribution in [1.29, 1.82) is 0 Å². The fourth-order valence-corrected chi connectivity index (χ4v) is 2.93. The fraction of sp³-hybridized carbons (Fsp3) is 0.462. The molecule has 2 heterocycles. The van der Waals surface area contributed by atoms with E-state index in [-0.39, 0.29) is 24.5 Å². The Morgan fingerprint density at radius 2 is 2.05 bits per heavy atom.